The molecule has 1 aromatic rings. The molecule has 1 aliphatic rings. The number of nitro groups is 1. The third-order valence-corrected chi connectivity index (χ3v) is 3.51. The third kappa shape index (κ3) is 3.29. The van der Waals surface area contributed by atoms with Gasteiger partial charge in [-0.3, -0.25) is 10.1 Å². The number of non-ortho nitro benzene ring substituents is 1. The second-order valence-corrected chi connectivity index (χ2v) is 5.12. The maximum Gasteiger partial charge on any atom is 0.270 e. The Morgan fingerprint density at radius 2 is 2.35 bits per heavy atom. The molecule has 0 bridgehead atoms. The minimum atomic E-state index is -0.395. The number of rotatable bonds is 3. The van der Waals surface area contributed by atoms with Gasteiger partial charge in [0.25, 0.3) is 5.69 Å². The van der Waals surface area contributed by atoms with Gasteiger partial charge in [-0.2, -0.15) is 0 Å². The maximum absolute atomic E-state index is 10.6. The molecule has 0 radical (unpaired) electrons. The lowest BCUT2D eigenvalue weighted by atomic mass is 10.1. The van der Waals surface area contributed by atoms with E-state index in [1.54, 1.807) is 6.07 Å². The molecule has 0 spiro atoms. The maximum atomic E-state index is 10.6. The summed E-state index contributed by atoms with van der Waals surface area (Å²) in [5.41, 5.74) is 0.100. The molecule has 2 rings (SSSR count). The van der Waals surface area contributed by atoms with Crippen LogP contribution in [-0.2, 0) is 0 Å². The summed E-state index contributed by atoms with van der Waals surface area (Å²) >= 11 is 2.07. The minimum absolute atomic E-state index is 0.100. The molecule has 0 aromatic heterocycles. The summed E-state index contributed by atoms with van der Waals surface area (Å²) in [5.74, 6) is 0.727. The summed E-state index contributed by atoms with van der Waals surface area (Å²) in [6.07, 6.45) is 2.30. The molecular formula is C11H13IN2O3. The number of nitrogens with zero attached hydrogens (tertiary/aromatic N) is 1. The number of nitrogens with one attached hydrogen (secondary N) is 1. The van der Waals surface area contributed by atoms with Gasteiger partial charge in [-0.25, -0.2) is 0 Å². The highest BCUT2D eigenvalue weighted by Crippen LogP contribution is 2.27. The molecule has 6 heteroatoms. The third-order valence-electron chi connectivity index (χ3n) is 2.67. The SMILES string of the molecule is O=[N+]([O-])c1ccc(OC2CCCNC2)c(I)c1. The minimum Gasteiger partial charge on any atom is -0.488 e. The molecule has 0 aliphatic carbocycles. The first kappa shape index (κ1) is 12.6. The van der Waals surface area contributed by atoms with Crippen LogP contribution >= 0.6 is 22.6 Å². The highest BCUT2D eigenvalue weighted by atomic mass is 127. The van der Waals surface area contributed by atoms with E-state index < -0.39 is 4.92 Å². The number of hydrogen-bond donors (Lipinski definition) is 1. The fraction of sp³-hybridized carbons (Fsp3) is 0.455. The largest absolute Gasteiger partial charge is 0.488 e. The monoisotopic (exact) mass is 348 g/mol. The predicted molar refractivity (Wildman–Crippen MR) is 72.3 cm³/mol. The van der Waals surface area contributed by atoms with Gasteiger partial charge in [0, 0.05) is 18.7 Å². The number of benzene rings is 1. The number of piperidine rings is 1. The van der Waals surface area contributed by atoms with Crippen molar-refractivity contribution in [3.8, 4) is 5.75 Å². The van der Waals surface area contributed by atoms with Gasteiger partial charge in [-0.05, 0) is 48.0 Å². The Morgan fingerprint density at radius 3 is 2.94 bits per heavy atom. The van der Waals surface area contributed by atoms with Crippen molar-refractivity contribution >= 4 is 28.3 Å². The fourth-order valence-electron chi connectivity index (χ4n) is 1.80. The van der Waals surface area contributed by atoms with Gasteiger partial charge >= 0.3 is 0 Å². The lowest BCUT2D eigenvalue weighted by Gasteiger charge is -2.24. The van der Waals surface area contributed by atoms with Crippen LogP contribution in [0.4, 0.5) is 5.69 Å². The van der Waals surface area contributed by atoms with Crippen molar-refractivity contribution < 1.29 is 9.66 Å². The van der Waals surface area contributed by atoms with E-state index >= 15 is 0 Å². The molecule has 1 aliphatic heterocycles. The summed E-state index contributed by atoms with van der Waals surface area (Å²) in [6.45, 7) is 1.88. The first-order valence-electron chi connectivity index (χ1n) is 5.48. The van der Waals surface area contributed by atoms with E-state index in [0.717, 1.165) is 35.3 Å². The van der Waals surface area contributed by atoms with Gasteiger partial charge < -0.3 is 10.1 Å². The average Bonchev–Trinajstić information content (AvgIpc) is 2.33. The van der Waals surface area contributed by atoms with Crippen molar-refractivity contribution in [2.24, 2.45) is 0 Å². The Bertz CT molecular complexity index is 419. The van der Waals surface area contributed by atoms with Crippen LogP contribution < -0.4 is 10.1 Å². The molecule has 5 nitrogen and oxygen atoms in total. The zero-order chi connectivity index (χ0) is 12.3. The average molecular weight is 348 g/mol. The summed E-state index contributed by atoms with van der Waals surface area (Å²) < 4.78 is 6.61. The number of nitro benzene ring substituents is 1. The normalized spacial score (nSPS) is 19.9. The van der Waals surface area contributed by atoms with Gasteiger partial charge in [0.1, 0.15) is 11.9 Å². The highest BCUT2D eigenvalue weighted by molar-refractivity contribution is 14.1. The van der Waals surface area contributed by atoms with Gasteiger partial charge in [-0.15, -0.1) is 0 Å². The van der Waals surface area contributed by atoms with Crippen LogP contribution in [0.3, 0.4) is 0 Å². The molecule has 1 fully saturated rings. The molecular weight excluding hydrogens is 335 g/mol. The Morgan fingerprint density at radius 1 is 1.53 bits per heavy atom. The zero-order valence-electron chi connectivity index (χ0n) is 9.19. The summed E-state index contributed by atoms with van der Waals surface area (Å²) in [4.78, 5) is 10.2. The van der Waals surface area contributed by atoms with E-state index in [9.17, 15) is 10.1 Å². The summed E-state index contributed by atoms with van der Waals surface area (Å²) in [7, 11) is 0. The number of halogens is 1. The van der Waals surface area contributed by atoms with Gasteiger partial charge in [0.05, 0.1) is 8.49 Å². The summed E-state index contributed by atoms with van der Waals surface area (Å²) in [6, 6.07) is 4.69. The van der Waals surface area contributed by atoms with Crippen LogP contribution in [0.2, 0.25) is 0 Å². The number of ether oxygens (including phenoxy) is 1. The van der Waals surface area contributed by atoms with Crippen LogP contribution in [0.1, 0.15) is 12.8 Å². The molecule has 0 amide bonds. The van der Waals surface area contributed by atoms with Crippen LogP contribution in [-0.4, -0.2) is 24.1 Å². The Hall–Kier alpha value is -0.890. The van der Waals surface area contributed by atoms with Crippen molar-refractivity contribution in [3.63, 3.8) is 0 Å². The second kappa shape index (κ2) is 5.63. The molecule has 1 aromatic carbocycles. The predicted octanol–water partition coefficient (Wildman–Crippen LogP) is 2.33. The Balaban J connectivity index is 2.08. The summed E-state index contributed by atoms with van der Waals surface area (Å²) in [5, 5.41) is 13.9. The highest BCUT2D eigenvalue weighted by Gasteiger charge is 2.17. The second-order valence-electron chi connectivity index (χ2n) is 3.96. The quantitative estimate of drug-likeness (QED) is 0.517. The van der Waals surface area contributed by atoms with Gasteiger partial charge in [0.15, 0.2) is 0 Å². The van der Waals surface area contributed by atoms with Crippen LogP contribution in [0.25, 0.3) is 0 Å². The fourth-order valence-corrected chi connectivity index (χ4v) is 2.42. The van der Waals surface area contributed by atoms with Crippen molar-refractivity contribution in [1.29, 1.82) is 0 Å². The van der Waals surface area contributed by atoms with E-state index in [2.05, 4.69) is 27.9 Å². The standard InChI is InChI=1S/C11H13IN2O3/c12-10-6-8(14(15)16)3-4-11(10)17-9-2-1-5-13-7-9/h3-4,6,9,13H,1-2,5,7H2. The van der Waals surface area contributed by atoms with Crippen molar-refractivity contribution in [1.82, 2.24) is 5.32 Å². The van der Waals surface area contributed by atoms with Crippen LogP contribution in [0, 0.1) is 13.7 Å². The van der Waals surface area contributed by atoms with Crippen molar-refractivity contribution in [2.75, 3.05) is 13.1 Å². The molecule has 17 heavy (non-hydrogen) atoms. The van der Waals surface area contributed by atoms with Crippen molar-refractivity contribution in [2.45, 2.75) is 18.9 Å². The van der Waals surface area contributed by atoms with E-state index in [-0.39, 0.29) is 11.8 Å². The number of hydrogen-bond acceptors (Lipinski definition) is 4. The molecule has 1 saturated heterocycles. The van der Waals surface area contributed by atoms with Crippen LogP contribution in [0.5, 0.6) is 5.75 Å². The lowest BCUT2D eigenvalue weighted by molar-refractivity contribution is -0.385. The molecule has 0 saturated carbocycles. The van der Waals surface area contributed by atoms with E-state index in [4.69, 9.17) is 4.74 Å². The van der Waals surface area contributed by atoms with E-state index in [0.29, 0.717) is 0 Å². The van der Waals surface area contributed by atoms with Gasteiger partial charge in [-0.1, -0.05) is 0 Å². The lowest BCUT2D eigenvalue weighted by Crippen LogP contribution is -2.37. The molecule has 92 valence electrons. The smallest absolute Gasteiger partial charge is 0.270 e. The Labute approximate surface area is 113 Å². The molecule has 1 atom stereocenters. The first-order chi connectivity index (χ1) is 8.16. The van der Waals surface area contributed by atoms with Crippen molar-refractivity contribution in [3.05, 3.63) is 31.9 Å². The van der Waals surface area contributed by atoms with E-state index in [1.807, 2.05) is 0 Å². The zero-order valence-corrected chi connectivity index (χ0v) is 11.3. The van der Waals surface area contributed by atoms with Crippen LogP contribution in [0.15, 0.2) is 18.2 Å². The Kier molecular flexibility index (Phi) is 4.16. The van der Waals surface area contributed by atoms with E-state index in [1.165, 1.54) is 12.1 Å². The molecule has 1 N–H and O–H groups in total. The molecule has 1 unspecified atom stereocenters. The topological polar surface area (TPSA) is 64.4 Å². The first-order valence-corrected chi connectivity index (χ1v) is 6.56. The molecule has 1 heterocycles. The van der Waals surface area contributed by atoms with Gasteiger partial charge in [0.2, 0.25) is 0 Å².